The van der Waals surface area contributed by atoms with Gasteiger partial charge in [0.25, 0.3) is 0 Å². The van der Waals surface area contributed by atoms with Crippen LogP contribution in [0.15, 0.2) is 58.5 Å². The second kappa shape index (κ2) is 29.1. The van der Waals surface area contributed by atoms with Gasteiger partial charge in [0.15, 0.2) is 0 Å². The van der Waals surface area contributed by atoms with Crippen LogP contribution in [0.4, 0.5) is 11.4 Å². The molecule has 0 unspecified atom stereocenters. The van der Waals surface area contributed by atoms with E-state index in [4.69, 9.17) is 9.98 Å². The number of hydrogen-bond donors (Lipinski definition) is 0. The molecule has 0 bridgehead atoms. The van der Waals surface area contributed by atoms with E-state index in [2.05, 4.69) is 112 Å². The Bertz CT molecular complexity index is 1370. The average Bonchev–Trinajstić information content (AvgIpc) is 3.08. The van der Waals surface area contributed by atoms with E-state index in [1.54, 1.807) is 0 Å². The first kappa shape index (κ1) is 42.0. The molecule has 3 heteroatoms. The molecule has 0 aliphatic heterocycles. The first-order chi connectivity index (χ1) is 22.7. The molecule has 256 valence electrons. The molecule has 0 radical (unpaired) electrons. The van der Waals surface area contributed by atoms with Crippen molar-refractivity contribution in [3.8, 4) is 35.5 Å². The zero-order chi connectivity index (χ0) is 32.9. The van der Waals surface area contributed by atoms with Crippen molar-refractivity contribution in [2.24, 2.45) is 9.98 Å². The largest absolute Gasteiger partial charge is 0.250 e. The van der Waals surface area contributed by atoms with E-state index >= 15 is 0 Å². The van der Waals surface area contributed by atoms with Crippen LogP contribution in [0.5, 0.6) is 0 Å². The molecule has 2 nitrogen and oxygen atoms in total. The van der Waals surface area contributed by atoms with E-state index in [9.17, 15) is 0 Å². The molecule has 0 spiro atoms. The Morgan fingerprint density at radius 1 is 0.489 bits per heavy atom. The van der Waals surface area contributed by atoms with Crippen LogP contribution in [0.3, 0.4) is 0 Å². The van der Waals surface area contributed by atoms with Gasteiger partial charge in [-0.05, 0) is 74.1 Å². The zero-order valence-corrected chi connectivity index (χ0v) is 31.0. The first-order valence-electron chi connectivity index (χ1n) is 18.5. The number of rotatable bonds is 20. The Kier molecular flexibility index (Phi) is 26.0. The van der Waals surface area contributed by atoms with Crippen LogP contribution in [0, 0.1) is 35.5 Å². The molecule has 0 aliphatic carbocycles. The predicted octanol–water partition coefficient (Wildman–Crippen LogP) is 12.7. The third-order valence-electron chi connectivity index (χ3n) is 7.97. The van der Waals surface area contributed by atoms with Crippen LogP contribution in [-0.2, 0) is 29.3 Å². The molecule has 0 aromatic heterocycles. The van der Waals surface area contributed by atoms with Crippen LogP contribution < -0.4 is 0 Å². The smallest absolute Gasteiger partial charge is 0.135 e. The van der Waals surface area contributed by atoms with E-state index in [1.165, 1.54) is 68.9 Å². The van der Waals surface area contributed by atoms with E-state index in [0.29, 0.717) is 0 Å². The quantitative estimate of drug-likeness (QED) is 0.0578. The van der Waals surface area contributed by atoms with Gasteiger partial charge in [-0.1, -0.05) is 121 Å². The van der Waals surface area contributed by atoms with Crippen LogP contribution in [0.25, 0.3) is 0 Å². The van der Waals surface area contributed by atoms with Gasteiger partial charge in [-0.2, -0.15) is 0 Å². The summed E-state index contributed by atoms with van der Waals surface area (Å²) in [5.74, 6) is 20.5. The Labute approximate surface area is 299 Å². The summed E-state index contributed by atoms with van der Waals surface area (Å²) in [5.41, 5.74) is 6.27. The van der Waals surface area contributed by atoms with Crippen molar-refractivity contribution in [2.75, 3.05) is 0 Å². The van der Waals surface area contributed by atoms with Crippen molar-refractivity contribution in [1.29, 1.82) is 0 Å². The molecule has 2 aromatic carbocycles. The second-order valence-corrected chi connectivity index (χ2v) is 12.1. The number of unbranched alkanes of at least 4 members (excludes halogenated alkanes) is 11. The van der Waals surface area contributed by atoms with Gasteiger partial charge in [0.05, 0.1) is 17.1 Å². The van der Waals surface area contributed by atoms with E-state index < -0.39 is 0 Å². The number of hydrogen-bond acceptors (Lipinski definition) is 2. The molecular formula is C44H60N2Ni. The monoisotopic (exact) mass is 674 g/mol. The van der Waals surface area contributed by atoms with E-state index in [1.807, 2.05) is 0 Å². The zero-order valence-electron chi connectivity index (χ0n) is 30.0. The molecule has 0 atom stereocenters. The predicted molar refractivity (Wildman–Crippen MR) is 204 cm³/mol. The molecule has 0 saturated heterocycles. The maximum atomic E-state index is 5.31. The summed E-state index contributed by atoms with van der Waals surface area (Å²) in [4.78, 5) is 10.6. The minimum Gasteiger partial charge on any atom is -0.250 e. The normalized spacial score (nSPS) is 11.0. The minimum absolute atomic E-state index is 0. The molecular weight excluding hydrogens is 615 g/mol. The number of nitrogens with zero attached hydrogens (tertiary/aromatic N) is 2. The third kappa shape index (κ3) is 19.4. The molecule has 47 heavy (non-hydrogen) atoms. The fraction of sp³-hybridized carbons (Fsp3) is 0.545. The van der Waals surface area contributed by atoms with Gasteiger partial charge in [0.2, 0.25) is 0 Å². The Morgan fingerprint density at radius 2 is 0.936 bits per heavy atom. The van der Waals surface area contributed by atoms with Crippen LogP contribution in [0.2, 0.25) is 0 Å². The fourth-order valence-corrected chi connectivity index (χ4v) is 5.13. The van der Waals surface area contributed by atoms with Crippen molar-refractivity contribution in [3.63, 3.8) is 0 Å². The third-order valence-corrected chi connectivity index (χ3v) is 7.97. The summed E-state index contributed by atoms with van der Waals surface area (Å²) in [6.07, 6.45) is 21.6. The molecule has 0 heterocycles. The van der Waals surface area contributed by atoms with Gasteiger partial charge >= 0.3 is 0 Å². The Balaban J connectivity index is 0.0000110. The summed E-state index contributed by atoms with van der Waals surface area (Å²) < 4.78 is 0. The van der Waals surface area contributed by atoms with Gasteiger partial charge in [-0.25, -0.2) is 4.99 Å². The summed E-state index contributed by atoms with van der Waals surface area (Å²) in [5, 5.41) is 0. The standard InChI is InChI=1S/C44H60N2.Ni/c1-5-9-13-16-19-21-24-31-39-33-27-29-36-41(39)45-43(35-12-8-4)44(38-26-23-18-15-11-7-3)46-42-37-30-28-34-40(42)32-25-22-20-17-14-10-6-2;/h27-30,33-34,36-37H,5-18,23-25,31-32,35H2,1-4H3;. The molecule has 2 rings (SSSR count). The van der Waals surface area contributed by atoms with Gasteiger partial charge in [0, 0.05) is 48.6 Å². The minimum atomic E-state index is 0. The van der Waals surface area contributed by atoms with Crippen LogP contribution >= 0.6 is 0 Å². The van der Waals surface area contributed by atoms with Gasteiger partial charge in [0.1, 0.15) is 5.71 Å². The SMILES string of the molecule is CCCCCC#CCCc1ccccc1N=C(C#CCCCCCC)C(CCCC)=Nc1ccccc1CCC#CCCCCC.[Ni]. The van der Waals surface area contributed by atoms with Crippen molar-refractivity contribution >= 4 is 22.8 Å². The topological polar surface area (TPSA) is 24.7 Å². The van der Waals surface area contributed by atoms with Crippen molar-refractivity contribution in [2.45, 2.75) is 156 Å². The molecule has 0 N–H and O–H groups in total. The molecule has 2 aromatic rings. The molecule has 0 fully saturated rings. The fourth-order valence-electron chi connectivity index (χ4n) is 5.13. The van der Waals surface area contributed by atoms with Gasteiger partial charge in [-0.3, -0.25) is 4.99 Å². The number of aryl methyl sites for hydroxylation is 2. The van der Waals surface area contributed by atoms with Crippen molar-refractivity contribution < 1.29 is 16.5 Å². The Morgan fingerprint density at radius 3 is 1.49 bits per heavy atom. The maximum Gasteiger partial charge on any atom is 0.135 e. The van der Waals surface area contributed by atoms with Crippen molar-refractivity contribution in [3.05, 3.63) is 59.7 Å². The number of benzene rings is 2. The van der Waals surface area contributed by atoms with E-state index in [0.717, 1.165) is 93.4 Å². The molecule has 0 saturated carbocycles. The molecule has 0 amide bonds. The first-order valence-corrected chi connectivity index (χ1v) is 18.5. The second-order valence-electron chi connectivity index (χ2n) is 12.1. The average molecular weight is 676 g/mol. The van der Waals surface area contributed by atoms with Gasteiger partial charge in [-0.15, -0.1) is 23.7 Å². The summed E-state index contributed by atoms with van der Waals surface area (Å²) in [6.45, 7) is 8.96. The van der Waals surface area contributed by atoms with E-state index in [-0.39, 0.29) is 16.5 Å². The van der Waals surface area contributed by atoms with Gasteiger partial charge < -0.3 is 0 Å². The molecule has 0 aliphatic rings. The summed E-state index contributed by atoms with van der Waals surface area (Å²) in [6, 6.07) is 17.0. The van der Waals surface area contributed by atoms with Crippen LogP contribution in [-0.4, -0.2) is 11.4 Å². The summed E-state index contributed by atoms with van der Waals surface area (Å²) >= 11 is 0. The number of aliphatic imine (C=N–C) groups is 2. The van der Waals surface area contributed by atoms with Crippen LogP contribution in [0.1, 0.15) is 154 Å². The maximum absolute atomic E-state index is 5.31. The van der Waals surface area contributed by atoms with Crippen molar-refractivity contribution in [1.82, 2.24) is 0 Å². The number of para-hydroxylation sites is 2. The summed E-state index contributed by atoms with van der Waals surface area (Å²) in [7, 11) is 0. The Hall–Kier alpha value is -3.05.